The van der Waals surface area contributed by atoms with Gasteiger partial charge < -0.3 is 0 Å². The van der Waals surface area contributed by atoms with Gasteiger partial charge in [0.2, 0.25) is 0 Å². The van der Waals surface area contributed by atoms with Gasteiger partial charge in [-0.15, -0.1) is 0 Å². The van der Waals surface area contributed by atoms with Crippen LogP contribution in [0.5, 0.6) is 0 Å². The second kappa shape index (κ2) is 2.09. The predicted molar refractivity (Wildman–Crippen MR) is 33.3 cm³/mol. The van der Waals surface area contributed by atoms with Crippen molar-refractivity contribution < 1.29 is 5.43 Å². The van der Waals surface area contributed by atoms with Gasteiger partial charge in [0.1, 0.15) is 6.20 Å². The predicted octanol–water partition coefficient (Wildman–Crippen LogP) is 0.0891. The molecule has 0 aromatic rings. The highest BCUT2D eigenvalue weighted by atomic mass is 15.3. The Hall–Kier alpha value is -0.630. The van der Waals surface area contributed by atoms with Crippen LogP contribution in [0.2, 0.25) is 0 Å². The zero-order valence-corrected chi connectivity index (χ0v) is 5.26. The molecule has 0 aromatic carbocycles. The molecule has 0 amide bonds. The van der Waals surface area contributed by atoms with Crippen molar-refractivity contribution in [2.45, 2.75) is 13.8 Å². The van der Waals surface area contributed by atoms with E-state index < -0.39 is 0 Å². The van der Waals surface area contributed by atoms with Crippen LogP contribution < -0.4 is 5.43 Å². The Morgan fingerprint density at radius 2 is 2.38 bits per heavy atom. The van der Waals surface area contributed by atoms with Crippen molar-refractivity contribution in [1.29, 1.82) is 0 Å². The van der Waals surface area contributed by atoms with E-state index >= 15 is 0 Å². The monoisotopic (exact) mass is 111 g/mol. The Kier molecular flexibility index (Phi) is 1.44. The van der Waals surface area contributed by atoms with Crippen molar-refractivity contribution in [3.05, 3.63) is 11.8 Å². The zero-order valence-electron chi connectivity index (χ0n) is 5.26. The minimum absolute atomic E-state index is 0.623. The number of hydrogen-bond acceptors (Lipinski definition) is 1. The molecule has 0 radical (unpaired) electrons. The van der Waals surface area contributed by atoms with Crippen LogP contribution in [0, 0.1) is 5.92 Å². The van der Waals surface area contributed by atoms with E-state index in [1.165, 1.54) is 5.57 Å². The second-order valence-corrected chi connectivity index (χ2v) is 2.25. The molecule has 8 heavy (non-hydrogen) atoms. The van der Waals surface area contributed by atoms with Crippen LogP contribution in [0.4, 0.5) is 0 Å². The van der Waals surface area contributed by atoms with Gasteiger partial charge in [-0.25, -0.2) is 0 Å². The maximum atomic E-state index is 3.94. The zero-order chi connectivity index (χ0) is 5.98. The molecule has 0 bridgehead atoms. The Morgan fingerprint density at radius 3 is 2.62 bits per heavy atom. The fraction of sp³-hybridized carbons (Fsp3) is 0.500. The average molecular weight is 111 g/mol. The molecule has 1 aliphatic rings. The second-order valence-electron chi connectivity index (χ2n) is 2.25. The van der Waals surface area contributed by atoms with E-state index in [0.717, 1.165) is 0 Å². The largest absolute Gasteiger partial charge is 0.194 e. The molecule has 1 rings (SSSR count). The number of nitrogens with two attached hydrogens (primary N) is 1. The van der Waals surface area contributed by atoms with E-state index in [9.17, 15) is 0 Å². The lowest BCUT2D eigenvalue weighted by molar-refractivity contribution is -0.590. The summed E-state index contributed by atoms with van der Waals surface area (Å²) < 4.78 is 0. The van der Waals surface area contributed by atoms with Gasteiger partial charge in [-0.1, -0.05) is 18.9 Å². The van der Waals surface area contributed by atoms with Gasteiger partial charge in [0.05, 0.1) is 6.21 Å². The quantitative estimate of drug-likeness (QED) is 0.465. The first kappa shape index (κ1) is 5.51. The van der Waals surface area contributed by atoms with Crippen LogP contribution in [0.15, 0.2) is 16.9 Å². The van der Waals surface area contributed by atoms with Gasteiger partial charge in [0, 0.05) is 5.57 Å². The van der Waals surface area contributed by atoms with Crippen molar-refractivity contribution in [3.63, 3.8) is 0 Å². The fourth-order valence-electron chi connectivity index (χ4n) is 0.643. The van der Waals surface area contributed by atoms with E-state index in [1.54, 1.807) is 0 Å². The molecule has 0 aromatic heterocycles. The summed E-state index contributed by atoms with van der Waals surface area (Å²) in [5, 5.41) is 3.94. The Bertz CT molecular complexity index is 133. The highest BCUT2D eigenvalue weighted by Gasteiger charge is 2.05. The third-order valence-corrected chi connectivity index (χ3v) is 1.24. The van der Waals surface area contributed by atoms with Crippen molar-refractivity contribution in [2.75, 3.05) is 0 Å². The van der Waals surface area contributed by atoms with Gasteiger partial charge in [-0.3, -0.25) is 0 Å². The summed E-state index contributed by atoms with van der Waals surface area (Å²) in [6.07, 6.45) is 3.95. The van der Waals surface area contributed by atoms with E-state index in [0.29, 0.717) is 5.92 Å². The third kappa shape index (κ3) is 0.954. The number of rotatable bonds is 1. The smallest absolute Gasteiger partial charge is 0.124 e. The first-order valence-electron chi connectivity index (χ1n) is 2.87. The summed E-state index contributed by atoms with van der Waals surface area (Å²) in [5.74, 6) is 0.623. The van der Waals surface area contributed by atoms with Crippen molar-refractivity contribution in [1.82, 2.24) is 0 Å². The van der Waals surface area contributed by atoms with E-state index in [-0.39, 0.29) is 0 Å². The molecular weight excluding hydrogens is 100 g/mol. The molecule has 1 heterocycles. The highest BCUT2D eigenvalue weighted by Crippen LogP contribution is 2.04. The maximum Gasteiger partial charge on any atom is 0.124 e. The Labute approximate surface area is 49.3 Å². The minimum atomic E-state index is 0.623. The van der Waals surface area contributed by atoms with Gasteiger partial charge in [-0.2, -0.15) is 5.43 Å². The van der Waals surface area contributed by atoms with E-state index in [1.807, 2.05) is 17.8 Å². The molecule has 44 valence electrons. The molecule has 2 heteroatoms. The van der Waals surface area contributed by atoms with Crippen LogP contribution in [-0.4, -0.2) is 6.21 Å². The molecule has 1 aliphatic heterocycles. The summed E-state index contributed by atoms with van der Waals surface area (Å²) >= 11 is 0. The summed E-state index contributed by atoms with van der Waals surface area (Å²) in [6, 6.07) is 0. The first-order valence-corrected chi connectivity index (χ1v) is 2.87. The van der Waals surface area contributed by atoms with Gasteiger partial charge >= 0.3 is 0 Å². The normalized spacial score (nSPS) is 17.6. The van der Waals surface area contributed by atoms with Crippen LogP contribution >= 0.6 is 0 Å². The Morgan fingerprint density at radius 1 is 1.62 bits per heavy atom. The number of allylic oxidation sites excluding steroid dienone is 1. The fourth-order valence-corrected chi connectivity index (χ4v) is 0.643. The summed E-state index contributed by atoms with van der Waals surface area (Å²) in [5.41, 5.74) is 3.15. The topological polar surface area (TPSA) is 29.0 Å². The van der Waals surface area contributed by atoms with Crippen molar-refractivity contribution >= 4 is 6.21 Å². The summed E-state index contributed by atoms with van der Waals surface area (Å²) in [7, 11) is 0. The standard InChI is InChI=1S/C6H10N2/c1-5(2)6-3-7-8-4-6/h3-5H,1-2H3,(H,7,8)/p+1. The molecule has 0 atom stereocenters. The number of nitrogens with zero attached hydrogens (tertiary/aromatic N) is 1. The van der Waals surface area contributed by atoms with E-state index in [4.69, 9.17) is 0 Å². The van der Waals surface area contributed by atoms with Gasteiger partial charge in [0.15, 0.2) is 0 Å². The molecule has 0 aliphatic carbocycles. The lowest BCUT2D eigenvalue weighted by Gasteiger charge is -1.94. The lowest BCUT2D eigenvalue weighted by Crippen LogP contribution is -2.69. The molecule has 2 nitrogen and oxygen atoms in total. The number of quaternary nitrogens is 1. The van der Waals surface area contributed by atoms with Crippen LogP contribution in [0.1, 0.15) is 13.8 Å². The van der Waals surface area contributed by atoms with Crippen molar-refractivity contribution in [2.24, 2.45) is 11.0 Å². The van der Waals surface area contributed by atoms with E-state index in [2.05, 4.69) is 18.9 Å². The van der Waals surface area contributed by atoms with Crippen LogP contribution in [0.25, 0.3) is 0 Å². The maximum absolute atomic E-state index is 3.94. The molecule has 0 saturated heterocycles. The number of hydrogen-bond donors (Lipinski definition) is 1. The minimum Gasteiger partial charge on any atom is -0.194 e. The SMILES string of the molecule is CC(C)C1=C[NH2+]N=C1. The van der Waals surface area contributed by atoms with Crippen molar-refractivity contribution in [3.8, 4) is 0 Å². The molecule has 0 unspecified atom stereocenters. The summed E-state index contributed by atoms with van der Waals surface area (Å²) in [4.78, 5) is 0. The van der Waals surface area contributed by atoms with Gasteiger partial charge in [-0.05, 0) is 5.92 Å². The van der Waals surface area contributed by atoms with Gasteiger partial charge in [0.25, 0.3) is 0 Å². The molecule has 2 N–H and O–H groups in total. The van der Waals surface area contributed by atoms with Crippen LogP contribution in [0.3, 0.4) is 0 Å². The average Bonchev–Trinajstić information content (AvgIpc) is 2.12. The summed E-state index contributed by atoms with van der Waals surface area (Å²) in [6.45, 7) is 4.33. The Balaban J connectivity index is 2.58. The first-order chi connectivity index (χ1) is 3.80. The lowest BCUT2D eigenvalue weighted by atomic mass is 10.1. The highest BCUT2D eigenvalue weighted by molar-refractivity contribution is 5.78. The van der Waals surface area contributed by atoms with Crippen LogP contribution in [-0.2, 0) is 0 Å². The molecule has 0 spiro atoms. The molecule has 0 saturated carbocycles. The molecular formula is C6H11N2+. The molecule has 0 fully saturated rings. The third-order valence-electron chi connectivity index (χ3n) is 1.24.